The SMILES string of the molecule is Cc1ccn(-c2ccc(N3CCN(c4c(C)c(C)nc5ncnn45)CC3)nn2)n1. The van der Waals surface area contributed by atoms with Crippen LogP contribution in [-0.4, -0.2) is 65.7 Å². The maximum absolute atomic E-state index is 4.51. The van der Waals surface area contributed by atoms with Crippen molar-refractivity contribution in [3.8, 4) is 5.82 Å². The molecule has 0 bridgehead atoms. The molecule has 4 aromatic rings. The first-order valence-electron chi connectivity index (χ1n) is 9.63. The summed E-state index contributed by atoms with van der Waals surface area (Å²) in [5, 5.41) is 17.5. The van der Waals surface area contributed by atoms with E-state index in [9.17, 15) is 0 Å². The Morgan fingerprint density at radius 3 is 2.28 bits per heavy atom. The third-order valence-corrected chi connectivity index (χ3v) is 5.37. The standard InChI is InChI=1S/C19H22N10/c1-13-6-7-28(25-13)17-5-4-16(23-24-17)26-8-10-27(11-9-26)18-14(2)15(3)22-19-20-12-21-29(18)19/h4-7,12H,8-11H2,1-3H3. The van der Waals surface area contributed by atoms with Crippen LogP contribution in [-0.2, 0) is 0 Å². The molecule has 10 heteroatoms. The van der Waals surface area contributed by atoms with Crippen LogP contribution in [0.2, 0.25) is 0 Å². The van der Waals surface area contributed by atoms with E-state index < -0.39 is 0 Å². The second-order valence-electron chi connectivity index (χ2n) is 7.24. The number of aryl methyl sites for hydroxylation is 2. The van der Waals surface area contributed by atoms with Crippen LogP contribution in [0, 0.1) is 20.8 Å². The van der Waals surface area contributed by atoms with E-state index in [2.05, 4.69) is 47.1 Å². The van der Waals surface area contributed by atoms with Gasteiger partial charge in [-0.2, -0.15) is 19.7 Å². The summed E-state index contributed by atoms with van der Waals surface area (Å²) >= 11 is 0. The largest absolute Gasteiger partial charge is 0.353 e. The number of hydrogen-bond donors (Lipinski definition) is 0. The van der Waals surface area contributed by atoms with Crippen LogP contribution >= 0.6 is 0 Å². The van der Waals surface area contributed by atoms with Gasteiger partial charge in [0.25, 0.3) is 5.78 Å². The van der Waals surface area contributed by atoms with Crippen LogP contribution < -0.4 is 9.80 Å². The van der Waals surface area contributed by atoms with Gasteiger partial charge in [0, 0.05) is 43.6 Å². The molecule has 0 atom stereocenters. The monoisotopic (exact) mass is 390 g/mol. The van der Waals surface area contributed by atoms with Crippen molar-refractivity contribution in [1.82, 2.24) is 39.6 Å². The van der Waals surface area contributed by atoms with Crippen LogP contribution in [0.15, 0.2) is 30.7 Å². The third kappa shape index (κ3) is 3.06. The van der Waals surface area contributed by atoms with E-state index in [1.807, 2.05) is 42.8 Å². The quantitative estimate of drug-likeness (QED) is 0.518. The summed E-state index contributed by atoms with van der Waals surface area (Å²) in [4.78, 5) is 13.4. The molecule has 1 saturated heterocycles. The Morgan fingerprint density at radius 2 is 1.59 bits per heavy atom. The minimum Gasteiger partial charge on any atom is -0.353 e. The summed E-state index contributed by atoms with van der Waals surface area (Å²) in [5.74, 6) is 3.31. The van der Waals surface area contributed by atoms with Crippen molar-refractivity contribution in [3.05, 3.63) is 47.7 Å². The minimum absolute atomic E-state index is 0.640. The fourth-order valence-electron chi connectivity index (χ4n) is 3.69. The zero-order chi connectivity index (χ0) is 20.0. The van der Waals surface area contributed by atoms with Crippen LogP contribution in [0.1, 0.15) is 17.0 Å². The molecule has 29 heavy (non-hydrogen) atoms. The number of hydrogen-bond acceptors (Lipinski definition) is 8. The lowest BCUT2D eigenvalue weighted by Crippen LogP contribution is -2.47. The first kappa shape index (κ1) is 17.5. The van der Waals surface area contributed by atoms with E-state index in [-0.39, 0.29) is 0 Å². The molecule has 5 heterocycles. The predicted molar refractivity (Wildman–Crippen MR) is 109 cm³/mol. The third-order valence-electron chi connectivity index (χ3n) is 5.37. The van der Waals surface area contributed by atoms with Gasteiger partial charge in [0.15, 0.2) is 11.6 Å². The second-order valence-corrected chi connectivity index (χ2v) is 7.24. The van der Waals surface area contributed by atoms with Crippen molar-refractivity contribution in [2.24, 2.45) is 0 Å². The zero-order valence-electron chi connectivity index (χ0n) is 16.7. The highest BCUT2D eigenvalue weighted by Gasteiger charge is 2.23. The minimum atomic E-state index is 0.640. The molecule has 0 amide bonds. The molecule has 1 fully saturated rings. The fourth-order valence-corrected chi connectivity index (χ4v) is 3.69. The predicted octanol–water partition coefficient (Wildman–Crippen LogP) is 1.35. The Hall–Kier alpha value is -3.56. The molecule has 0 radical (unpaired) electrons. The van der Waals surface area contributed by atoms with Crippen LogP contribution in [0.5, 0.6) is 0 Å². The highest BCUT2D eigenvalue weighted by atomic mass is 15.4. The van der Waals surface area contributed by atoms with Crippen molar-refractivity contribution in [2.45, 2.75) is 20.8 Å². The van der Waals surface area contributed by atoms with E-state index >= 15 is 0 Å². The van der Waals surface area contributed by atoms with E-state index in [0.717, 1.165) is 60.6 Å². The van der Waals surface area contributed by atoms with Crippen LogP contribution in [0.4, 0.5) is 11.6 Å². The van der Waals surface area contributed by atoms with Gasteiger partial charge in [-0.15, -0.1) is 10.2 Å². The molecule has 0 aromatic carbocycles. The Kier molecular flexibility index (Phi) is 4.11. The summed E-state index contributed by atoms with van der Waals surface area (Å²) in [5.41, 5.74) is 3.07. The average Bonchev–Trinajstić information content (AvgIpc) is 3.38. The Morgan fingerprint density at radius 1 is 0.862 bits per heavy atom. The lowest BCUT2D eigenvalue weighted by molar-refractivity contribution is 0.627. The molecule has 148 valence electrons. The highest BCUT2D eigenvalue weighted by molar-refractivity contribution is 5.55. The molecule has 0 saturated carbocycles. The van der Waals surface area contributed by atoms with Crippen molar-refractivity contribution < 1.29 is 0 Å². The number of piperazine rings is 1. The zero-order valence-corrected chi connectivity index (χ0v) is 16.7. The van der Waals surface area contributed by atoms with Gasteiger partial charge in [-0.05, 0) is 39.0 Å². The topological polar surface area (TPSA) is 93.2 Å². The molecule has 0 N–H and O–H groups in total. The van der Waals surface area contributed by atoms with Gasteiger partial charge in [-0.25, -0.2) is 9.67 Å². The molecular formula is C19H22N10. The fraction of sp³-hybridized carbons (Fsp3) is 0.368. The van der Waals surface area contributed by atoms with Crippen LogP contribution in [0.25, 0.3) is 11.6 Å². The maximum atomic E-state index is 4.51. The van der Waals surface area contributed by atoms with Crippen molar-refractivity contribution in [2.75, 3.05) is 36.0 Å². The van der Waals surface area contributed by atoms with E-state index in [4.69, 9.17) is 0 Å². The second kappa shape index (κ2) is 6.80. The van der Waals surface area contributed by atoms with Gasteiger partial charge >= 0.3 is 0 Å². The van der Waals surface area contributed by atoms with Gasteiger partial charge in [0.1, 0.15) is 12.1 Å². The summed E-state index contributed by atoms with van der Waals surface area (Å²) in [7, 11) is 0. The number of fused-ring (bicyclic) bond motifs is 1. The van der Waals surface area contributed by atoms with Gasteiger partial charge in [0.05, 0.1) is 5.69 Å². The number of nitrogens with zero attached hydrogens (tertiary/aromatic N) is 10. The summed E-state index contributed by atoms with van der Waals surface area (Å²) in [6, 6.07) is 5.91. The Labute approximate surface area is 167 Å². The van der Waals surface area contributed by atoms with Crippen LogP contribution in [0.3, 0.4) is 0 Å². The average molecular weight is 390 g/mol. The van der Waals surface area contributed by atoms with Gasteiger partial charge in [-0.3, -0.25) is 0 Å². The van der Waals surface area contributed by atoms with E-state index in [1.165, 1.54) is 0 Å². The first-order chi connectivity index (χ1) is 14.1. The van der Waals surface area contributed by atoms with E-state index in [1.54, 1.807) is 11.0 Å². The Bertz CT molecular complexity index is 1150. The molecule has 1 aliphatic heterocycles. The number of rotatable bonds is 3. The Balaban J connectivity index is 1.33. The molecular weight excluding hydrogens is 368 g/mol. The normalized spacial score (nSPS) is 14.7. The van der Waals surface area contributed by atoms with Gasteiger partial charge in [0.2, 0.25) is 0 Å². The molecule has 4 aromatic heterocycles. The lowest BCUT2D eigenvalue weighted by Gasteiger charge is -2.37. The molecule has 5 rings (SSSR count). The smallest absolute Gasteiger partial charge is 0.254 e. The summed E-state index contributed by atoms with van der Waals surface area (Å²) in [6.45, 7) is 9.49. The number of aromatic nitrogens is 8. The molecule has 0 unspecified atom stereocenters. The van der Waals surface area contributed by atoms with Crippen molar-refractivity contribution in [3.63, 3.8) is 0 Å². The van der Waals surface area contributed by atoms with E-state index in [0.29, 0.717) is 5.78 Å². The highest BCUT2D eigenvalue weighted by Crippen LogP contribution is 2.24. The molecule has 0 aliphatic carbocycles. The van der Waals surface area contributed by atoms with Crippen molar-refractivity contribution in [1.29, 1.82) is 0 Å². The number of anilines is 2. The first-order valence-corrected chi connectivity index (χ1v) is 9.63. The van der Waals surface area contributed by atoms with Gasteiger partial charge < -0.3 is 9.80 Å². The molecule has 10 nitrogen and oxygen atoms in total. The summed E-state index contributed by atoms with van der Waals surface area (Å²) < 4.78 is 3.57. The van der Waals surface area contributed by atoms with Gasteiger partial charge in [-0.1, -0.05) is 0 Å². The lowest BCUT2D eigenvalue weighted by atomic mass is 10.2. The summed E-state index contributed by atoms with van der Waals surface area (Å²) in [6.07, 6.45) is 3.45. The van der Waals surface area contributed by atoms with Crippen molar-refractivity contribution >= 4 is 17.4 Å². The molecule has 0 spiro atoms. The maximum Gasteiger partial charge on any atom is 0.254 e. The molecule has 1 aliphatic rings.